The number of nitrogens with two attached hydrogens (primary N) is 1. The first-order valence-electron chi connectivity index (χ1n) is 6.62. The fourth-order valence-corrected chi connectivity index (χ4v) is 2.58. The summed E-state index contributed by atoms with van der Waals surface area (Å²) in [7, 11) is 0. The van der Waals surface area contributed by atoms with Gasteiger partial charge in [0.25, 0.3) is 0 Å². The Balaban J connectivity index is 1.99. The van der Waals surface area contributed by atoms with E-state index < -0.39 is 0 Å². The quantitative estimate of drug-likeness (QED) is 0.876. The number of urea groups is 1. The van der Waals surface area contributed by atoms with Gasteiger partial charge in [-0.2, -0.15) is 0 Å². The number of nitrogens with one attached hydrogen (secondary N) is 1. The Labute approximate surface area is 118 Å². The van der Waals surface area contributed by atoms with Crippen LogP contribution in [0.25, 0.3) is 0 Å². The van der Waals surface area contributed by atoms with Crippen molar-refractivity contribution in [3.63, 3.8) is 0 Å². The summed E-state index contributed by atoms with van der Waals surface area (Å²) < 4.78 is 0. The predicted octanol–water partition coefficient (Wildman–Crippen LogP) is 2.79. The standard InChI is InChI=1S/C14H20ClN3O/c1-10-6-7-18(9-11(10)8-16)14(19)17-13-5-3-2-4-12(13)15/h2-5,10-11H,6-9,16H2,1H3,(H,17,19). The number of amides is 2. The maximum absolute atomic E-state index is 12.2. The Morgan fingerprint density at radius 3 is 2.95 bits per heavy atom. The topological polar surface area (TPSA) is 58.4 Å². The van der Waals surface area contributed by atoms with Gasteiger partial charge in [0.1, 0.15) is 0 Å². The molecule has 0 spiro atoms. The van der Waals surface area contributed by atoms with Crippen molar-refractivity contribution in [2.45, 2.75) is 13.3 Å². The Bertz CT molecular complexity index is 452. The fraction of sp³-hybridized carbons (Fsp3) is 0.500. The minimum Gasteiger partial charge on any atom is -0.330 e. The molecule has 1 aromatic carbocycles. The van der Waals surface area contributed by atoms with Gasteiger partial charge in [0.15, 0.2) is 0 Å². The minimum absolute atomic E-state index is 0.0987. The lowest BCUT2D eigenvalue weighted by molar-refractivity contribution is 0.149. The van der Waals surface area contributed by atoms with Crippen molar-refractivity contribution in [3.8, 4) is 0 Å². The van der Waals surface area contributed by atoms with E-state index in [1.165, 1.54) is 0 Å². The van der Waals surface area contributed by atoms with Gasteiger partial charge in [-0.25, -0.2) is 4.79 Å². The van der Waals surface area contributed by atoms with Crippen LogP contribution in [-0.4, -0.2) is 30.6 Å². The highest BCUT2D eigenvalue weighted by atomic mass is 35.5. The molecular formula is C14H20ClN3O. The molecule has 2 atom stereocenters. The van der Waals surface area contributed by atoms with Crippen molar-refractivity contribution in [2.24, 2.45) is 17.6 Å². The van der Waals surface area contributed by atoms with Gasteiger partial charge in [0, 0.05) is 13.1 Å². The molecule has 2 amide bonds. The van der Waals surface area contributed by atoms with Gasteiger partial charge in [-0.1, -0.05) is 30.7 Å². The van der Waals surface area contributed by atoms with E-state index in [9.17, 15) is 4.79 Å². The summed E-state index contributed by atoms with van der Waals surface area (Å²) >= 11 is 6.03. The van der Waals surface area contributed by atoms with Crippen molar-refractivity contribution >= 4 is 23.3 Å². The normalized spacial score (nSPS) is 23.2. The molecule has 2 unspecified atom stereocenters. The molecule has 4 nitrogen and oxygen atoms in total. The third-order valence-corrected chi connectivity index (χ3v) is 4.15. The number of benzene rings is 1. The number of anilines is 1. The molecule has 1 heterocycles. The first-order chi connectivity index (χ1) is 9.11. The van der Waals surface area contributed by atoms with E-state index in [4.69, 9.17) is 17.3 Å². The van der Waals surface area contributed by atoms with Crippen molar-refractivity contribution < 1.29 is 4.79 Å². The largest absolute Gasteiger partial charge is 0.330 e. The zero-order valence-electron chi connectivity index (χ0n) is 11.1. The smallest absolute Gasteiger partial charge is 0.321 e. The molecule has 1 aliphatic heterocycles. The number of halogens is 1. The highest BCUT2D eigenvalue weighted by molar-refractivity contribution is 6.33. The summed E-state index contributed by atoms with van der Waals surface area (Å²) in [5.74, 6) is 0.958. The van der Waals surface area contributed by atoms with Gasteiger partial charge >= 0.3 is 6.03 Å². The lowest BCUT2D eigenvalue weighted by atomic mass is 9.87. The summed E-state index contributed by atoms with van der Waals surface area (Å²) in [6, 6.07) is 7.15. The number of carbonyl (C=O) groups is 1. The van der Waals surface area contributed by atoms with Gasteiger partial charge in [0.05, 0.1) is 10.7 Å². The number of hydrogen-bond donors (Lipinski definition) is 2. The van der Waals surface area contributed by atoms with E-state index >= 15 is 0 Å². The zero-order chi connectivity index (χ0) is 13.8. The molecule has 0 aliphatic carbocycles. The summed E-state index contributed by atoms with van der Waals surface area (Å²) in [5, 5.41) is 3.41. The van der Waals surface area contributed by atoms with Crippen LogP contribution in [0.4, 0.5) is 10.5 Å². The molecule has 19 heavy (non-hydrogen) atoms. The predicted molar refractivity (Wildman–Crippen MR) is 78.4 cm³/mol. The fourth-order valence-electron chi connectivity index (χ4n) is 2.40. The van der Waals surface area contributed by atoms with Crippen LogP contribution in [0.2, 0.25) is 5.02 Å². The number of nitrogens with zero attached hydrogens (tertiary/aromatic N) is 1. The van der Waals surface area contributed by atoms with Crippen LogP contribution >= 0.6 is 11.6 Å². The van der Waals surface area contributed by atoms with Crippen LogP contribution in [-0.2, 0) is 0 Å². The third-order valence-electron chi connectivity index (χ3n) is 3.82. The van der Waals surface area contributed by atoms with Gasteiger partial charge in [-0.3, -0.25) is 0 Å². The Kier molecular flexibility index (Phi) is 4.66. The molecule has 0 aromatic heterocycles. The molecule has 1 saturated heterocycles. The molecule has 0 radical (unpaired) electrons. The molecule has 0 bridgehead atoms. The highest BCUT2D eigenvalue weighted by Crippen LogP contribution is 2.24. The number of likely N-dealkylation sites (tertiary alicyclic amines) is 1. The Morgan fingerprint density at radius 1 is 1.53 bits per heavy atom. The van der Waals surface area contributed by atoms with E-state index in [0.717, 1.165) is 13.0 Å². The van der Waals surface area contributed by atoms with E-state index in [0.29, 0.717) is 35.6 Å². The van der Waals surface area contributed by atoms with Crippen molar-refractivity contribution in [3.05, 3.63) is 29.3 Å². The number of carbonyl (C=O) groups excluding carboxylic acids is 1. The van der Waals surface area contributed by atoms with E-state index in [-0.39, 0.29) is 6.03 Å². The van der Waals surface area contributed by atoms with E-state index in [1.807, 2.05) is 17.0 Å². The Morgan fingerprint density at radius 2 is 2.26 bits per heavy atom. The lowest BCUT2D eigenvalue weighted by Gasteiger charge is -2.36. The van der Waals surface area contributed by atoms with E-state index in [1.54, 1.807) is 12.1 Å². The average Bonchev–Trinajstić information content (AvgIpc) is 2.42. The molecule has 1 aromatic rings. The molecule has 0 saturated carbocycles. The molecule has 3 N–H and O–H groups in total. The van der Waals surface area contributed by atoms with E-state index in [2.05, 4.69) is 12.2 Å². The second-order valence-corrected chi connectivity index (χ2v) is 5.52. The SMILES string of the molecule is CC1CCN(C(=O)Nc2ccccc2Cl)CC1CN. The number of para-hydroxylation sites is 1. The molecule has 2 rings (SSSR count). The molecular weight excluding hydrogens is 262 g/mol. The van der Waals surface area contributed by atoms with Crippen LogP contribution in [0.1, 0.15) is 13.3 Å². The molecule has 104 valence electrons. The summed E-state index contributed by atoms with van der Waals surface area (Å²) in [5.41, 5.74) is 6.40. The Hall–Kier alpha value is -1.26. The van der Waals surface area contributed by atoms with Crippen molar-refractivity contribution in [1.29, 1.82) is 0 Å². The molecule has 5 heteroatoms. The summed E-state index contributed by atoms with van der Waals surface area (Å²) in [4.78, 5) is 14.0. The summed E-state index contributed by atoms with van der Waals surface area (Å²) in [6.45, 7) is 4.31. The minimum atomic E-state index is -0.0987. The van der Waals surface area contributed by atoms with Gasteiger partial charge < -0.3 is 16.0 Å². The van der Waals surface area contributed by atoms with Crippen LogP contribution < -0.4 is 11.1 Å². The van der Waals surface area contributed by atoms with Crippen molar-refractivity contribution in [2.75, 3.05) is 25.0 Å². The maximum atomic E-state index is 12.2. The number of rotatable bonds is 2. The van der Waals surface area contributed by atoms with Crippen LogP contribution in [0.3, 0.4) is 0 Å². The third kappa shape index (κ3) is 3.39. The van der Waals surface area contributed by atoms with Crippen LogP contribution in [0.5, 0.6) is 0 Å². The first-order valence-corrected chi connectivity index (χ1v) is 7.00. The second kappa shape index (κ2) is 6.26. The maximum Gasteiger partial charge on any atom is 0.321 e. The first kappa shape index (κ1) is 14.2. The van der Waals surface area contributed by atoms with Gasteiger partial charge in [-0.15, -0.1) is 0 Å². The second-order valence-electron chi connectivity index (χ2n) is 5.12. The number of piperidine rings is 1. The zero-order valence-corrected chi connectivity index (χ0v) is 11.9. The van der Waals surface area contributed by atoms with Gasteiger partial charge in [0.2, 0.25) is 0 Å². The number of hydrogen-bond acceptors (Lipinski definition) is 2. The van der Waals surface area contributed by atoms with Crippen LogP contribution in [0.15, 0.2) is 24.3 Å². The average molecular weight is 282 g/mol. The summed E-state index contributed by atoms with van der Waals surface area (Å²) in [6.07, 6.45) is 0.998. The van der Waals surface area contributed by atoms with Gasteiger partial charge in [-0.05, 0) is 36.9 Å². The monoisotopic (exact) mass is 281 g/mol. The van der Waals surface area contributed by atoms with Crippen molar-refractivity contribution in [1.82, 2.24) is 4.90 Å². The molecule has 1 aliphatic rings. The lowest BCUT2D eigenvalue weighted by Crippen LogP contribution is -2.47. The molecule has 1 fully saturated rings. The highest BCUT2D eigenvalue weighted by Gasteiger charge is 2.28. The van der Waals surface area contributed by atoms with Crippen LogP contribution in [0, 0.1) is 11.8 Å².